The summed E-state index contributed by atoms with van der Waals surface area (Å²) >= 11 is 0. The van der Waals surface area contributed by atoms with Gasteiger partial charge in [0.25, 0.3) is 0 Å². The molecular weight excluding hydrogens is 417 g/mol. The van der Waals surface area contributed by atoms with Gasteiger partial charge in [-0.05, 0) is 25.0 Å². The maximum atomic E-state index is 12.0. The van der Waals surface area contributed by atoms with Gasteiger partial charge in [0.05, 0.1) is 12.2 Å². The summed E-state index contributed by atoms with van der Waals surface area (Å²) in [4.78, 5) is 20.4. The monoisotopic (exact) mass is 445 g/mol. The molecule has 3 N–H and O–H groups in total. The molecule has 1 heterocycles. The Labute approximate surface area is 161 Å². The first-order chi connectivity index (χ1) is 11.3. The number of rotatable bonds is 6. The van der Waals surface area contributed by atoms with Gasteiger partial charge in [0.1, 0.15) is 0 Å². The number of amides is 1. The molecule has 134 valence electrons. The molecule has 1 aromatic heterocycles. The quantitative estimate of drug-likeness (QED) is 0.271. The van der Waals surface area contributed by atoms with E-state index >= 15 is 0 Å². The van der Waals surface area contributed by atoms with E-state index in [4.69, 9.17) is 0 Å². The van der Waals surface area contributed by atoms with Gasteiger partial charge < -0.3 is 16.0 Å². The number of halogens is 1. The highest BCUT2D eigenvalue weighted by molar-refractivity contribution is 14.0. The fraction of sp³-hybridized carbons (Fsp3) is 0.588. The lowest BCUT2D eigenvalue weighted by Crippen LogP contribution is -2.42. The summed E-state index contributed by atoms with van der Waals surface area (Å²) in [5.74, 6) is 1.12. The number of carbonyl (C=O) groups excluding carboxylic acids is 1. The third-order valence-corrected chi connectivity index (χ3v) is 4.08. The summed E-state index contributed by atoms with van der Waals surface area (Å²) < 4.78 is 0. The number of nitrogens with one attached hydrogen (secondary N) is 3. The Morgan fingerprint density at radius 1 is 1.17 bits per heavy atom. The van der Waals surface area contributed by atoms with Crippen molar-refractivity contribution in [1.82, 2.24) is 20.9 Å². The van der Waals surface area contributed by atoms with Gasteiger partial charge in [0.15, 0.2) is 5.96 Å². The van der Waals surface area contributed by atoms with Gasteiger partial charge >= 0.3 is 0 Å². The van der Waals surface area contributed by atoms with E-state index in [1.54, 1.807) is 13.2 Å². The topological polar surface area (TPSA) is 78.4 Å². The van der Waals surface area contributed by atoms with Crippen molar-refractivity contribution in [2.75, 3.05) is 20.1 Å². The molecule has 0 unspecified atom stereocenters. The molecule has 0 aromatic carbocycles. The van der Waals surface area contributed by atoms with E-state index in [0.717, 1.165) is 18.5 Å². The van der Waals surface area contributed by atoms with Crippen molar-refractivity contribution in [2.24, 2.45) is 10.9 Å². The fourth-order valence-electron chi connectivity index (χ4n) is 2.77. The van der Waals surface area contributed by atoms with Crippen LogP contribution in [0.25, 0.3) is 0 Å². The number of hydrogen-bond donors (Lipinski definition) is 3. The van der Waals surface area contributed by atoms with Crippen LogP contribution in [0.3, 0.4) is 0 Å². The van der Waals surface area contributed by atoms with Crippen LogP contribution in [0.1, 0.15) is 37.8 Å². The lowest BCUT2D eigenvalue weighted by molar-refractivity contribution is -0.125. The molecule has 0 atom stereocenters. The summed E-state index contributed by atoms with van der Waals surface area (Å²) in [5.41, 5.74) is 0.959. The average molecular weight is 445 g/mol. The summed E-state index contributed by atoms with van der Waals surface area (Å²) in [6, 6.07) is 5.82. The van der Waals surface area contributed by atoms with Crippen molar-refractivity contribution in [1.29, 1.82) is 0 Å². The second-order valence-electron chi connectivity index (χ2n) is 5.80. The standard InChI is InChI=1S/C17H27N5O.HI/c1-18-17(22-13-15-9-5-6-10-19-15)21-12-11-20-16(23)14-7-3-2-4-8-14;/h5-6,9-10,14H,2-4,7-8,11-13H2,1H3,(H,20,23)(H2,18,21,22);1H. The summed E-state index contributed by atoms with van der Waals surface area (Å²) in [5, 5.41) is 9.40. The van der Waals surface area contributed by atoms with Crippen molar-refractivity contribution in [3.63, 3.8) is 0 Å². The first-order valence-electron chi connectivity index (χ1n) is 8.41. The Bertz CT molecular complexity index is 503. The first-order valence-corrected chi connectivity index (χ1v) is 8.41. The predicted molar refractivity (Wildman–Crippen MR) is 107 cm³/mol. The zero-order valence-electron chi connectivity index (χ0n) is 14.3. The van der Waals surface area contributed by atoms with E-state index in [0.29, 0.717) is 25.6 Å². The average Bonchev–Trinajstić information content (AvgIpc) is 2.62. The lowest BCUT2D eigenvalue weighted by Gasteiger charge is -2.21. The highest BCUT2D eigenvalue weighted by Gasteiger charge is 2.20. The molecule has 0 spiro atoms. The van der Waals surface area contributed by atoms with Crippen LogP contribution in [0.15, 0.2) is 29.4 Å². The molecule has 7 heteroatoms. The van der Waals surface area contributed by atoms with Crippen LogP contribution in [0.4, 0.5) is 0 Å². The van der Waals surface area contributed by atoms with Crippen LogP contribution >= 0.6 is 24.0 Å². The first kappa shape index (κ1) is 20.7. The lowest BCUT2D eigenvalue weighted by atomic mass is 9.89. The second kappa shape index (κ2) is 12.0. The molecule has 2 rings (SSSR count). The zero-order valence-corrected chi connectivity index (χ0v) is 16.6. The Kier molecular flexibility index (Phi) is 10.4. The van der Waals surface area contributed by atoms with Crippen molar-refractivity contribution in [3.05, 3.63) is 30.1 Å². The number of carbonyl (C=O) groups is 1. The number of nitrogens with zero attached hydrogens (tertiary/aromatic N) is 2. The van der Waals surface area contributed by atoms with Crippen LogP contribution in [0.2, 0.25) is 0 Å². The normalized spacial score (nSPS) is 15.3. The molecule has 0 radical (unpaired) electrons. The summed E-state index contributed by atoms with van der Waals surface area (Å²) in [6.45, 7) is 1.88. The molecule has 6 nitrogen and oxygen atoms in total. The van der Waals surface area contributed by atoms with Crippen molar-refractivity contribution in [2.45, 2.75) is 38.6 Å². The van der Waals surface area contributed by atoms with Gasteiger partial charge in [-0.15, -0.1) is 24.0 Å². The molecule has 0 aliphatic heterocycles. The third-order valence-electron chi connectivity index (χ3n) is 4.08. The van der Waals surface area contributed by atoms with E-state index < -0.39 is 0 Å². The minimum Gasteiger partial charge on any atom is -0.355 e. The Balaban J connectivity index is 0.00000288. The number of pyridine rings is 1. The Hall–Kier alpha value is -1.38. The SMILES string of the molecule is CN=C(NCCNC(=O)C1CCCCC1)NCc1ccccn1.I. The smallest absolute Gasteiger partial charge is 0.223 e. The fourth-order valence-corrected chi connectivity index (χ4v) is 2.77. The van der Waals surface area contributed by atoms with E-state index in [1.165, 1.54) is 19.3 Å². The van der Waals surface area contributed by atoms with Crippen molar-refractivity contribution < 1.29 is 4.79 Å². The number of hydrogen-bond acceptors (Lipinski definition) is 3. The van der Waals surface area contributed by atoms with Gasteiger partial charge in [-0.1, -0.05) is 25.3 Å². The molecule has 1 saturated carbocycles. The van der Waals surface area contributed by atoms with Crippen molar-refractivity contribution >= 4 is 35.8 Å². The second-order valence-corrected chi connectivity index (χ2v) is 5.80. The van der Waals surface area contributed by atoms with Crippen LogP contribution < -0.4 is 16.0 Å². The van der Waals surface area contributed by atoms with Crippen LogP contribution in [-0.2, 0) is 11.3 Å². The molecule has 1 aromatic rings. The Morgan fingerprint density at radius 2 is 1.92 bits per heavy atom. The predicted octanol–water partition coefficient (Wildman–Crippen LogP) is 2.06. The highest BCUT2D eigenvalue weighted by Crippen LogP contribution is 2.23. The minimum absolute atomic E-state index is 0. The van der Waals surface area contributed by atoms with E-state index in [-0.39, 0.29) is 35.8 Å². The van der Waals surface area contributed by atoms with Crippen LogP contribution in [0, 0.1) is 5.92 Å². The van der Waals surface area contributed by atoms with Gasteiger partial charge in [-0.2, -0.15) is 0 Å². The largest absolute Gasteiger partial charge is 0.355 e. The molecule has 1 fully saturated rings. The highest BCUT2D eigenvalue weighted by atomic mass is 127. The zero-order chi connectivity index (χ0) is 16.3. The van der Waals surface area contributed by atoms with Crippen LogP contribution in [-0.4, -0.2) is 37.0 Å². The number of aromatic nitrogens is 1. The van der Waals surface area contributed by atoms with Gasteiger partial charge in [0.2, 0.25) is 5.91 Å². The Morgan fingerprint density at radius 3 is 2.58 bits per heavy atom. The van der Waals surface area contributed by atoms with E-state index in [2.05, 4.69) is 25.9 Å². The molecule has 0 bridgehead atoms. The molecule has 1 amide bonds. The van der Waals surface area contributed by atoms with Gasteiger partial charge in [-0.25, -0.2) is 0 Å². The maximum Gasteiger partial charge on any atom is 0.223 e. The number of guanidine groups is 1. The maximum absolute atomic E-state index is 12.0. The van der Waals surface area contributed by atoms with E-state index in [1.807, 2.05) is 18.2 Å². The van der Waals surface area contributed by atoms with E-state index in [9.17, 15) is 4.79 Å². The molecule has 1 aliphatic carbocycles. The van der Waals surface area contributed by atoms with Gasteiger partial charge in [-0.3, -0.25) is 14.8 Å². The number of aliphatic imine (C=N–C) groups is 1. The summed E-state index contributed by atoms with van der Waals surface area (Å²) in [7, 11) is 1.73. The van der Waals surface area contributed by atoms with Gasteiger partial charge in [0, 0.05) is 32.3 Å². The summed E-state index contributed by atoms with van der Waals surface area (Å²) in [6.07, 6.45) is 7.47. The molecular formula is C17H28IN5O. The van der Waals surface area contributed by atoms with Crippen LogP contribution in [0.5, 0.6) is 0 Å². The molecule has 24 heavy (non-hydrogen) atoms. The third kappa shape index (κ3) is 7.46. The molecule has 0 saturated heterocycles. The minimum atomic E-state index is 0. The van der Waals surface area contributed by atoms with Crippen molar-refractivity contribution in [3.8, 4) is 0 Å². The molecule has 1 aliphatic rings.